The first-order valence-corrected chi connectivity index (χ1v) is 10.4. The maximum absolute atomic E-state index is 12.3. The molecular formula is C21H20ClF3N6O3. The van der Waals surface area contributed by atoms with Crippen LogP contribution in [0, 0.1) is 5.92 Å². The Balaban J connectivity index is 0.00000274. The summed E-state index contributed by atoms with van der Waals surface area (Å²) in [6.45, 7) is 1.72. The number of alkyl halides is 3. The predicted octanol–water partition coefficient (Wildman–Crippen LogP) is 3.17. The van der Waals surface area contributed by atoms with Crippen LogP contribution in [-0.4, -0.2) is 51.2 Å². The van der Waals surface area contributed by atoms with Crippen molar-refractivity contribution in [1.29, 1.82) is 0 Å². The third kappa shape index (κ3) is 5.12. The standard InChI is InChI=1S/C21H19F3N6O3.ClH/c22-21(23,24)33-14-3-1-12(2-4-14)9-18-28-29-20(32-18)15-11-26-30-16(15)10-17(31)27-19(30)13-5-7-25-8-6-13;/h1-4,11,13,25H,5-10H2;1H. The van der Waals surface area contributed by atoms with Crippen LogP contribution in [0.3, 0.4) is 0 Å². The molecule has 0 spiro atoms. The highest BCUT2D eigenvalue weighted by atomic mass is 35.5. The number of fused-ring (bicyclic) bond motifs is 1. The first kappa shape index (κ1) is 23.9. The first-order valence-electron chi connectivity index (χ1n) is 10.4. The highest BCUT2D eigenvalue weighted by Crippen LogP contribution is 2.29. The van der Waals surface area contributed by atoms with Crippen molar-refractivity contribution in [3.63, 3.8) is 0 Å². The van der Waals surface area contributed by atoms with Gasteiger partial charge in [-0.2, -0.15) is 10.1 Å². The van der Waals surface area contributed by atoms with Gasteiger partial charge in [-0.05, 0) is 43.6 Å². The molecule has 2 aromatic heterocycles. The summed E-state index contributed by atoms with van der Waals surface area (Å²) < 4.78 is 48.3. The van der Waals surface area contributed by atoms with E-state index < -0.39 is 6.36 Å². The van der Waals surface area contributed by atoms with Gasteiger partial charge in [0.25, 0.3) is 11.8 Å². The number of rotatable bonds is 5. The van der Waals surface area contributed by atoms with Crippen LogP contribution in [0.1, 0.15) is 30.0 Å². The molecule has 0 unspecified atom stereocenters. The summed E-state index contributed by atoms with van der Waals surface area (Å²) in [5.74, 6) is 0.754. The quantitative estimate of drug-likeness (QED) is 0.578. The van der Waals surface area contributed by atoms with Gasteiger partial charge in [-0.1, -0.05) is 12.1 Å². The second kappa shape index (κ2) is 9.55. The van der Waals surface area contributed by atoms with Crippen LogP contribution in [0.15, 0.2) is 39.9 Å². The van der Waals surface area contributed by atoms with Gasteiger partial charge in [-0.3, -0.25) is 4.79 Å². The fraction of sp³-hybridized carbons (Fsp3) is 0.381. The molecule has 9 nitrogen and oxygen atoms in total. The summed E-state index contributed by atoms with van der Waals surface area (Å²) in [4.78, 5) is 16.6. The number of hydrogen-bond acceptors (Lipinski definition) is 7. The molecule has 1 N–H and O–H groups in total. The van der Waals surface area contributed by atoms with Crippen LogP contribution in [0.5, 0.6) is 5.75 Å². The van der Waals surface area contributed by atoms with E-state index in [0.717, 1.165) is 25.9 Å². The minimum absolute atomic E-state index is 0. The molecule has 0 bridgehead atoms. The number of carbonyl (C=O) groups excluding carboxylic acids is 1. The number of aromatic nitrogens is 4. The highest BCUT2D eigenvalue weighted by Gasteiger charge is 2.32. The summed E-state index contributed by atoms with van der Waals surface area (Å²) in [7, 11) is 0. The van der Waals surface area contributed by atoms with Crippen molar-refractivity contribution in [2.45, 2.75) is 32.0 Å². The maximum atomic E-state index is 12.3. The second-order valence-corrected chi connectivity index (χ2v) is 7.85. The number of nitrogens with zero attached hydrogens (tertiary/aromatic N) is 5. The topological polar surface area (TPSA) is 107 Å². The minimum Gasteiger partial charge on any atom is -0.420 e. The average Bonchev–Trinajstić information content (AvgIpc) is 3.41. The molecule has 3 aromatic rings. The lowest BCUT2D eigenvalue weighted by molar-refractivity contribution is -0.274. The van der Waals surface area contributed by atoms with Crippen molar-refractivity contribution in [3.05, 3.63) is 47.6 Å². The third-order valence-electron chi connectivity index (χ3n) is 5.56. The lowest BCUT2D eigenvalue weighted by atomic mass is 9.95. The van der Waals surface area contributed by atoms with Crippen molar-refractivity contribution < 1.29 is 27.1 Å². The monoisotopic (exact) mass is 496 g/mol. The summed E-state index contributed by atoms with van der Waals surface area (Å²) in [6.07, 6.45) is -1.10. The van der Waals surface area contributed by atoms with Crippen molar-refractivity contribution in [2.75, 3.05) is 13.1 Å². The second-order valence-electron chi connectivity index (χ2n) is 7.85. The molecule has 4 heterocycles. The SMILES string of the molecule is Cl.O=C1Cc2c(-c3nnc(Cc4ccc(OC(F)(F)F)cc4)o3)cnn2C(C2CCNCC2)=N1. The normalized spacial score (nSPS) is 16.6. The van der Waals surface area contributed by atoms with E-state index >= 15 is 0 Å². The molecule has 1 aromatic carbocycles. The first-order chi connectivity index (χ1) is 15.9. The van der Waals surface area contributed by atoms with Crippen molar-refractivity contribution in [3.8, 4) is 17.2 Å². The van der Waals surface area contributed by atoms with Gasteiger partial charge in [-0.15, -0.1) is 35.8 Å². The molecule has 1 saturated heterocycles. The number of hydrogen-bond donors (Lipinski definition) is 1. The van der Waals surface area contributed by atoms with Crippen molar-refractivity contribution in [1.82, 2.24) is 25.3 Å². The number of ether oxygens (including phenoxy) is 1. The summed E-state index contributed by atoms with van der Waals surface area (Å²) in [6, 6.07) is 5.43. The maximum Gasteiger partial charge on any atom is 0.573 e. The van der Waals surface area contributed by atoms with Gasteiger partial charge < -0.3 is 14.5 Å². The van der Waals surface area contributed by atoms with Gasteiger partial charge in [0.05, 0.1) is 30.3 Å². The van der Waals surface area contributed by atoms with Gasteiger partial charge in [0.15, 0.2) is 0 Å². The van der Waals surface area contributed by atoms with Crippen LogP contribution in [-0.2, 0) is 17.6 Å². The Morgan fingerprint density at radius 1 is 1.15 bits per heavy atom. The Hall–Kier alpha value is -3.25. The van der Waals surface area contributed by atoms with Crippen LogP contribution in [0.4, 0.5) is 13.2 Å². The minimum atomic E-state index is -4.74. The molecule has 0 radical (unpaired) electrons. The van der Waals surface area contributed by atoms with Crippen molar-refractivity contribution >= 4 is 24.1 Å². The van der Waals surface area contributed by atoms with Gasteiger partial charge in [0.1, 0.15) is 11.6 Å². The van der Waals surface area contributed by atoms with E-state index in [2.05, 4.69) is 30.3 Å². The van der Waals surface area contributed by atoms with Crippen molar-refractivity contribution in [2.24, 2.45) is 10.9 Å². The van der Waals surface area contributed by atoms with Gasteiger partial charge in [0, 0.05) is 5.92 Å². The molecule has 2 aliphatic heterocycles. The number of carbonyl (C=O) groups is 1. The van der Waals surface area contributed by atoms with E-state index in [1.165, 1.54) is 24.3 Å². The Morgan fingerprint density at radius 3 is 2.59 bits per heavy atom. The molecule has 0 aliphatic carbocycles. The van der Waals surface area contributed by atoms with E-state index in [4.69, 9.17) is 4.42 Å². The van der Waals surface area contributed by atoms with E-state index in [0.29, 0.717) is 22.7 Å². The Labute approximate surface area is 197 Å². The molecule has 13 heteroatoms. The summed E-state index contributed by atoms with van der Waals surface area (Å²) >= 11 is 0. The molecule has 0 atom stereocenters. The average molecular weight is 497 g/mol. The van der Waals surface area contributed by atoms with E-state index in [-0.39, 0.29) is 54.6 Å². The number of amides is 1. The van der Waals surface area contributed by atoms with Crippen LogP contribution < -0.4 is 10.1 Å². The molecule has 180 valence electrons. The Kier molecular flexibility index (Phi) is 6.71. The number of halogens is 4. The zero-order valence-corrected chi connectivity index (χ0v) is 18.5. The summed E-state index contributed by atoms with van der Waals surface area (Å²) in [5, 5.41) is 15.9. The molecule has 2 aliphatic rings. The van der Waals surface area contributed by atoms with E-state index in [1.807, 2.05) is 0 Å². The van der Waals surface area contributed by atoms with Crippen LogP contribution in [0.2, 0.25) is 0 Å². The van der Waals surface area contributed by atoms with Crippen LogP contribution in [0.25, 0.3) is 11.5 Å². The molecule has 34 heavy (non-hydrogen) atoms. The van der Waals surface area contributed by atoms with E-state index in [9.17, 15) is 18.0 Å². The lowest BCUT2D eigenvalue weighted by Crippen LogP contribution is -2.38. The molecule has 5 rings (SSSR count). The summed E-state index contributed by atoms with van der Waals surface area (Å²) in [5.41, 5.74) is 1.90. The fourth-order valence-corrected chi connectivity index (χ4v) is 4.04. The lowest BCUT2D eigenvalue weighted by Gasteiger charge is -2.26. The van der Waals surface area contributed by atoms with Crippen LogP contribution >= 0.6 is 12.4 Å². The van der Waals surface area contributed by atoms with Gasteiger partial charge >= 0.3 is 6.36 Å². The van der Waals surface area contributed by atoms with Gasteiger partial charge in [0.2, 0.25) is 5.89 Å². The Morgan fingerprint density at radius 2 is 1.88 bits per heavy atom. The largest absolute Gasteiger partial charge is 0.573 e. The number of nitrogens with one attached hydrogen (secondary N) is 1. The number of aliphatic imine (C=N–C) groups is 1. The van der Waals surface area contributed by atoms with Gasteiger partial charge in [-0.25, -0.2) is 4.68 Å². The number of piperidine rings is 1. The Bertz CT molecular complexity index is 1200. The molecular weight excluding hydrogens is 477 g/mol. The predicted molar refractivity (Wildman–Crippen MR) is 116 cm³/mol. The molecule has 1 fully saturated rings. The fourth-order valence-electron chi connectivity index (χ4n) is 4.04. The zero-order chi connectivity index (χ0) is 23.0. The highest BCUT2D eigenvalue weighted by molar-refractivity contribution is 6.01. The molecule has 0 saturated carbocycles. The number of benzene rings is 1. The zero-order valence-electron chi connectivity index (χ0n) is 17.7. The molecule has 1 amide bonds. The smallest absolute Gasteiger partial charge is 0.420 e. The van der Waals surface area contributed by atoms with E-state index in [1.54, 1.807) is 10.9 Å². The third-order valence-corrected chi connectivity index (χ3v) is 5.56.